The van der Waals surface area contributed by atoms with Crippen molar-refractivity contribution in [2.75, 3.05) is 17.7 Å². The van der Waals surface area contributed by atoms with Crippen LogP contribution in [0.3, 0.4) is 0 Å². The summed E-state index contributed by atoms with van der Waals surface area (Å²) in [5, 5.41) is 3.62. The lowest BCUT2D eigenvalue weighted by atomic mass is 9.92. The molecule has 0 bridgehead atoms. The number of nitrogens with one attached hydrogen (secondary N) is 1. The fraction of sp³-hybridized carbons (Fsp3) is 0.450. The van der Waals surface area contributed by atoms with Crippen LogP contribution in [0.5, 0.6) is 5.75 Å². The first kappa shape index (κ1) is 19.5. The van der Waals surface area contributed by atoms with Gasteiger partial charge in [0.15, 0.2) is 5.16 Å². The highest BCUT2D eigenvalue weighted by atomic mass is 32.2. The van der Waals surface area contributed by atoms with Crippen molar-refractivity contribution < 1.29 is 9.53 Å². The average Bonchev–Trinajstić information content (AvgIpc) is 2.62. The average molecular weight is 388 g/mol. The summed E-state index contributed by atoms with van der Waals surface area (Å²) in [6.45, 7) is 8.98. The van der Waals surface area contributed by atoms with Crippen LogP contribution in [0, 0.1) is 5.92 Å². The molecule has 1 aromatic heterocycles. The smallest absolute Gasteiger partial charge is 0.254 e. The molecule has 1 aromatic carbocycles. The fourth-order valence-electron chi connectivity index (χ4n) is 2.80. The van der Waals surface area contributed by atoms with Gasteiger partial charge in [-0.2, -0.15) is 0 Å². The summed E-state index contributed by atoms with van der Waals surface area (Å²) in [7, 11) is 0. The minimum atomic E-state index is -0.283. The summed E-state index contributed by atoms with van der Waals surface area (Å²) in [6, 6.07) is 8.86. The number of thioether (sulfide) groups is 1. The monoisotopic (exact) mass is 387 g/mol. The molecule has 2 heterocycles. The highest BCUT2D eigenvalue weighted by Gasteiger charge is 2.28. The van der Waals surface area contributed by atoms with Crippen LogP contribution in [0.4, 0.5) is 5.69 Å². The number of rotatable bonds is 4. The van der Waals surface area contributed by atoms with Crippen molar-refractivity contribution >= 4 is 23.4 Å². The Morgan fingerprint density at radius 1 is 1.33 bits per heavy atom. The van der Waals surface area contributed by atoms with E-state index < -0.39 is 0 Å². The zero-order valence-electron chi connectivity index (χ0n) is 16.1. The molecular weight excluding hydrogens is 362 g/mol. The molecule has 1 aliphatic rings. The Morgan fingerprint density at radius 3 is 2.67 bits per heavy atom. The van der Waals surface area contributed by atoms with E-state index in [-0.39, 0.29) is 22.8 Å². The van der Waals surface area contributed by atoms with Gasteiger partial charge in [0, 0.05) is 29.5 Å². The molecule has 0 spiro atoms. The van der Waals surface area contributed by atoms with Crippen molar-refractivity contribution in [3.05, 3.63) is 46.4 Å². The van der Waals surface area contributed by atoms with Gasteiger partial charge >= 0.3 is 0 Å². The highest BCUT2D eigenvalue weighted by molar-refractivity contribution is 7.99. The predicted octanol–water partition coefficient (Wildman–Crippen LogP) is 3.30. The Balaban J connectivity index is 1.72. The van der Waals surface area contributed by atoms with Crippen molar-refractivity contribution in [1.29, 1.82) is 0 Å². The second-order valence-corrected chi connectivity index (χ2v) is 8.56. The molecule has 0 fully saturated rings. The minimum absolute atomic E-state index is 0.0934. The van der Waals surface area contributed by atoms with Crippen molar-refractivity contribution in [1.82, 2.24) is 9.55 Å². The number of carbonyl (C=O) groups is 1. The van der Waals surface area contributed by atoms with E-state index in [4.69, 9.17) is 4.74 Å². The fourth-order valence-corrected chi connectivity index (χ4v) is 3.89. The predicted molar refractivity (Wildman–Crippen MR) is 108 cm³/mol. The molecule has 0 aliphatic carbocycles. The van der Waals surface area contributed by atoms with E-state index in [2.05, 4.69) is 10.3 Å². The number of ether oxygens (including phenoxy) is 1. The number of aromatic nitrogens is 2. The van der Waals surface area contributed by atoms with Crippen molar-refractivity contribution in [2.45, 2.75) is 44.8 Å². The van der Waals surface area contributed by atoms with Crippen LogP contribution in [0.2, 0.25) is 0 Å². The highest BCUT2D eigenvalue weighted by Crippen LogP contribution is 2.28. The maximum absolute atomic E-state index is 12.6. The van der Waals surface area contributed by atoms with Gasteiger partial charge in [0.05, 0.1) is 18.2 Å². The zero-order chi connectivity index (χ0) is 19.6. The molecule has 2 aromatic rings. The lowest BCUT2D eigenvalue weighted by Crippen LogP contribution is -2.37. The van der Waals surface area contributed by atoms with Crippen molar-refractivity contribution in [2.24, 2.45) is 5.92 Å². The number of fused-ring (bicyclic) bond motifs is 1. The molecule has 3 rings (SSSR count). The first-order chi connectivity index (χ1) is 12.8. The van der Waals surface area contributed by atoms with Gasteiger partial charge in [0.1, 0.15) is 5.75 Å². The molecule has 1 unspecified atom stereocenters. The van der Waals surface area contributed by atoms with Crippen molar-refractivity contribution in [3.63, 3.8) is 0 Å². The van der Waals surface area contributed by atoms with Crippen LogP contribution in [0.25, 0.3) is 0 Å². The van der Waals surface area contributed by atoms with Gasteiger partial charge in [-0.25, -0.2) is 4.98 Å². The normalized spacial score (nSPS) is 16.5. The summed E-state index contributed by atoms with van der Waals surface area (Å²) < 4.78 is 7.01. The number of anilines is 1. The Kier molecular flexibility index (Phi) is 5.60. The molecule has 144 valence electrons. The molecule has 0 radical (unpaired) electrons. The molecule has 1 N–H and O–H groups in total. The first-order valence-corrected chi connectivity index (χ1v) is 10.1. The third kappa shape index (κ3) is 4.53. The van der Waals surface area contributed by atoms with E-state index in [1.807, 2.05) is 52.0 Å². The zero-order valence-corrected chi connectivity index (χ0v) is 16.9. The van der Waals surface area contributed by atoms with Crippen LogP contribution >= 0.6 is 11.8 Å². The van der Waals surface area contributed by atoms with E-state index in [0.29, 0.717) is 29.7 Å². The number of nitrogens with zero attached hydrogens (tertiary/aromatic N) is 2. The van der Waals surface area contributed by atoms with Crippen LogP contribution in [0.1, 0.15) is 33.4 Å². The number of hydrogen-bond acceptors (Lipinski definition) is 5. The Labute approximate surface area is 163 Å². The standard InChI is InChI=1S/C20H25N3O3S/c1-5-26-15-8-6-14(7-9-15)21-18(25)13-11-23-17(24)10-16(20(2,3)4)22-19(23)27-12-13/h6-10,13H,5,11-12H2,1-4H3,(H,21,25). The second-order valence-electron chi connectivity index (χ2n) is 7.58. The lowest BCUT2D eigenvalue weighted by Gasteiger charge is -2.26. The lowest BCUT2D eigenvalue weighted by molar-refractivity contribution is -0.119. The Bertz CT molecular complexity index is 885. The number of hydrogen-bond donors (Lipinski definition) is 1. The van der Waals surface area contributed by atoms with Crippen LogP contribution in [-0.4, -0.2) is 27.8 Å². The molecule has 1 aliphatic heterocycles. The number of benzene rings is 1. The summed E-state index contributed by atoms with van der Waals surface area (Å²) in [6.07, 6.45) is 0. The largest absolute Gasteiger partial charge is 0.494 e. The van der Waals surface area contributed by atoms with E-state index >= 15 is 0 Å². The van der Waals surface area contributed by atoms with E-state index in [0.717, 1.165) is 11.4 Å². The number of carbonyl (C=O) groups excluding carboxylic acids is 1. The Morgan fingerprint density at radius 2 is 2.04 bits per heavy atom. The third-order valence-corrected chi connectivity index (χ3v) is 5.50. The van der Waals surface area contributed by atoms with Gasteiger partial charge in [-0.05, 0) is 31.2 Å². The van der Waals surface area contributed by atoms with Gasteiger partial charge in [-0.1, -0.05) is 32.5 Å². The van der Waals surface area contributed by atoms with Gasteiger partial charge in [0.25, 0.3) is 5.56 Å². The SMILES string of the molecule is CCOc1ccc(NC(=O)C2CSc3nc(C(C)(C)C)cc(=O)n3C2)cc1. The van der Waals surface area contributed by atoms with Gasteiger partial charge in [0.2, 0.25) is 5.91 Å². The molecular formula is C20H25N3O3S. The first-order valence-electron chi connectivity index (χ1n) is 9.07. The van der Waals surface area contributed by atoms with Gasteiger partial charge in [-0.15, -0.1) is 0 Å². The molecule has 0 saturated carbocycles. The second kappa shape index (κ2) is 7.76. The molecule has 27 heavy (non-hydrogen) atoms. The summed E-state index contributed by atoms with van der Waals surface area (Å²) in [4.78, 5) is 29.8. The summed E-state index contributed by atoms with van der Waals surface area (Å²) >= 11 is 1.46. The molecule has 0 saturated heterocycles. The molecule has 1 amide bonds. The van der Waals surface area contributed by atoms with E-state index in [1.54, 1.807) is 10.6 Å². The van der Waals surface area contributed by atoms with E-state index in [9.17, 15) is 9.59 Å². The summed E-state index contributed by atoms with van der Waals surface area (Å²) in [5.41, 5.74) is 1.21. The summed E-state index contributed by atoms with van der Waals surface area (Å²) in [5.74, 6) is 0.992. The van der Waals surface area contributed by atoms with Crippen LogP contribution in [-0.2, 0) is 16.8 Å². The van der Waals surface area contributed by atoms with Gasteiger partial charge in [-0.3, -0.25) is 14.2 Å². The third-order valence-electron chi connectivity index (χ3n) is 4.36. The Hall–Kier alpha value is -2.28. The quantitative estimate of drug-likeness (QED) is 0.815. The van der Waals surface area contributed by atoms with Crippen molar-refractivity contribution in [3.8, 4) is 5.75 Å². The topological polar surface area (TPSA) is 73.2 Å². The van der Waals surface area contributed by atoms with E-state index in [1.165, 1.54) is 11.8 Å². The van der Waals surface area contributed by atoms with Gasteiger partial charge < -0.3 is 10.1 Å². The number of amides is 1. The van der Waals surface area contributed by atoms with Crippen LogP contribution < -0.4 is 15.6 Å². The maximum atomic E-state index is 12.6. The molecule has 1 atom stereocenters. The molecule has 6 nitrogen and oxygen atoms in total. The van der Waals surface area contributed by atoms with Crippen LogP contribution in [0.15, 0.2) is 40.3 Å². The minimum Gasteiger partial charge on any atom is -0.494 e. The maximum Gasteiger partial charge on any atom is 0.254 e. The molecule has 7 heteroatoms.